The standard InChI is InChI=1S/C26H23NO2SSi/c1-31(2,3)26-17-27-23(16-22(26)18-9-5-4-6-10-18)19-13-14-21-20-11-7-8-12-24(20)30(28,29)25(21)15-19/h4-17H,1-3H3. The van der Waals surface area contributed by atoms with Crippen molar-refractivity contribution in [2.75, 3.05) is 0 Å². The summed E-state index contributed by atoms with van der Waals surface area (Å²) in [6.45, 7) is 6.94. The molecule has 0 aliphatic carbocycles. The van der Waals surface area contributed by atoms with E-state index >= 15 is 0 Å². The van der Waals surface area contributed by atoms with Crippen LogP contribution < -0.4 is 5.19 Å². The third kappa shape index (κ3) is 3.25. The summed E-state index contributed by atoms with van der Waals surface area (Å²) in [6, 6.07) is 25.3. The zero-order valence-corrected chi connectivity index (χ0v) is 19.6. The average Bonchev–Trinajstić information content (AvgIpc) is 3.00. The van der Waals surface area contributed by atoms with Gasteiger partial charge in [0.1, 0.15) is 0 Å². The highest BCUT2D eigenvalue weighted by Gasteiger charge is 2.33. The highest BCUT2D eigenvalue weighted by Crippen LogP contribution is 2.44. The second-order valence-electron chi connectivity index (χ2n) is 8.94. The van der Waals surface area contributed by atoms with Gasteiger partial charge in [-0.05, 0) is 34.5 Å². The summed E-state index contributed by atoms with van der Waals surface area (Å²) in [4.78, 5) is 5.51. The predicted molar refractivity (Wildman–Crippen MR) is 129 cm³/mol. The maximum Gasteiger partial charge on any atom is 0.207 e. The zero-order chi connectivity index (χ0) is 21.8. The van der Waals surface area contributed by atoms with Crippen LogP contribution in [0, 0.1) is 0 Å². The molecule has 0 unspecified atom stereocenters. The van der Waals surface area contributed by atoms with E-state index in [4.69, 9.17) is 4.98 Å². The van der Waals surface area contributed by atoms with Crippen LogP contribution in [0.25, 0.3) is 33.5 Å². The highest BCUT2D eigenvalue weighted by atomic mass is 32.2. The summed E-state index contributed by atoms with van der Waals surface area (Å²) < 4.78 is 26.2. The monoisotopic (exact) mass is 441 g/mol. The van der Waals surface area contributed by atoms with Gasteiger partial charge in [-0.3, -0.25) is 4.98 Å². The van der Waals surface area contributed by atoms with E-state index in [-0.39, 0.29) is 0 Å². The largest absolute Gasteiger partial charge is 0.256 e. The van der Waals surface area contributed by atoms with Crippen molar-refractivity contribution in [3.63, 3.8) is 0 Å². The Morgan fingerprint density at radius 2 is 1.35 bits per heavy atom. The van der Waals surface area contributed by atoms with Crippen LogP contribution >= 0.6 is 0 Å². The molecule has 0 N–H and O–H groups in total. The maximum absolute atomic E-state index is 13.1. The first-order valence-corrected chi connectivity index (χ1v) is 15.3. The molecule has 0 radical (unpaired) electrons. The summed E-state index contributed by atoms with van der Waals surface area (Å²) in [5, 5.41) is 1.30. The zero-order valence-electron chi connectivity index (χ0n) is 17.8. The lowest BCUT2D eigenvalue weighted by atomic mass is 10.0. The molecular formula is C26H23NO2SSi. The van der Waals surface area contributed by atoms with Crippen LogP contribution in [0.15, 0.2) is 94.9 Å². The van der Waals surface area contributed by atoms with Gasteiger partial charge in [0, 0.05) is 22.9 Å². The number of aromatic nitrogens is 1. The highest BCUT2D eigenvalue weighted by molar-refractivity contribution is 7.92. The molecule has 0 atom stereocenters. The minimum absolute atomic E-state index is 0.364. The van der Waals surface area contributed by atoms with Gasteiger partial charge in [-0.2, -0.15) is 0 Å². The fourth-order valence-electron chi connectivity index (χ4n) is 4.24. The molecule has 5 heteroatoms. The SMILES string of the molecule is C[Si](C)(C)c1cnc(-c2ccc3c(c2)S(=O)(=O)c2ccccc2-3)cc1-c1ccccc1. The topological polar surface area (TPSA) is 47.0 Å². The summed E-state index contributed by atoms with van der Waals surface area (Å²) in [5.74, 6) is 0. The van der Waals surface area contributed by atoms with E-state index in [9.17, 15) is 8.42 Å². The van der Waals surface area contributed by atoms with Crippen molar-refractivity contribution in [1.82, 2.24) is 4.98 Å². The van der Waals surface area contributed by atoms with Crippen LogP contribution in [0.2, 0.25) is 19.6 Å². The number of hydrogen-bond acceptors (Lipinski definition) is 3. The molecule has 1 aromatic heterocycles. The fourth-order valence-corrected chi connectivity index (χ4v) is 7.42. The summed E-state index contributed by atoms with van der Waals surface area (Å²) in [7, 11) is -5.14. The normalized spacial score (nSPS) is 14.2. The second-order valence-corrected chi connectivity index (χ2v) is 15.9. The first kappa shape index (κ1) is 19.9. The Morgan fingerprint density at radius 3 is 2.10 bits per heavy atom. The van der Waals surface area contributed by atoms with Gasteiger partial charge in [-0.1, -0.05) is 80.3 Å². The fraction of sp³-hybridized carbons (Fsp3) is 0.115. The lowest BCUT2D eigenvalue weighted by Gasteiger charge is -2.21. The number of sulfone groups is 1. The molecule has 4 aromatic rings. The summed E-state index contributed by atoms with van der Waals surface area (Å²) >= 11 is 0. The molecule has 0 bridgehead atoms. The van der Waals surface area contributed by atoms with Crippen molar-refractivity contribution < 1.29 is 8.42 Å². The Morgan fingerprint density at radius 1 is 0.677 bits per heavy atom. The predicted octanol–water partition coefficient (Wildman–Crippen LogP) is 5.77. The van der Waals surface area contributed by atoms with E-state index < -0.39 is 17.9 Å². The van der Waals surface area contributed by atoms with E-state index in [0.29, 0.717) is 9.79 Å². The lowest BCUT2D eigenvalue weighted by molar-refractivity contribution is 0.598. The molecule has 3 nitrogen and oxygen atoms in total. The van der Waals surface area contributed by atoms with E-state index in [2.05, 4.69) is 37.8 Å². The van der Waals surface area contributed by atoms with E-state index in [0.717, 1.165) is 27.9 Å². The van der Waals surface area contributed by atoms with Crippen LogP contribution in [-0.2, 0) is 9.84 Å². The molecule has 0 spiro atoms. The van der Waals surface area contributed by atoms with Gasteiger partial charge in [-0.15, -0.1) is 0 Å². The van der Waals surface area contributed by atoms with Crippen molar-refractivity contribution >= 4 is 23.1 Å². The van der Waals surface area contributed by atoms with Gasteiger partial charge in [0.25, 0.3) is 0 Å². The second kappa shape index (κ2) is 7.01. The molecule has 0 saturated heterocycles. The van der Waals surface area contributed by atoms with Gasteiger partial charge >= 0.3 is 0 Å². The first-order chi connectivity index (χ1) is 14.8. The smallest absolute Gasteiger partial charge is 0.207 e. The molecule has 0 saturated carbocycles. The number of hydrogen-bond donors (Lipinski definition) is 0. The molecule has 1 aliphatic rings. The molecule has 2 heterocycles. The third-order valence-corrected chi connectivity index (χ3v) is 9.70. The Bertz CT molecular complexity index is 1420. The molecule has 5 rings (SSSR count). The Labute approximate surface area is 184 Å². The maximum atomic E-state index is 13.1. The van der Waals surface area contributed by atoms with E-state index in [1.54, 1.807) is 18.2 Å². The third-order valence-electron chi connectivity index (χ3n) is 5.83. The van der Waals surface area contributed by atoms with Gasteiger partial charge < -0.3 is 0 Å². The lowest BCUT2D eigenvalue weighted by Crippen LogP contribution is -2.39. The molecule has 3 aromatic carbocycles. The number of nitrogens with zero attached hydrogens (tertiary/aromatic N) is 1. The number of benzene rings is 3. The Balaban J connectivity index is 1.69. The van der Waals surface area contributed by atoms with Crippen LogP contribution in [0.3, 0.4) is 0 Å². The van der Waals surface area contributed by atoms with E-state index in [1.165, 1.54) is 10.8 Å². The number of rotatable bonds is 3. The van der Waals surface area contributed by atoms with E-state index in [1.807, 2.05) is 48.7 Å². The van der Waals surface area contributed by atoms with Crippen molar-refractivity contribution in [1.29, 1.82) is 0 Å². The van der Waals surface area contributed by atoms with Crippen molar-refractivity contribution in [3.8, 4) is 33.5 Å². The first-order valence-electron chi connectivity index (χ1n) is 10.3. The van der Waals surface area contributed by atoms with Crippen LogP contribution in [-0.4, -0.2) is 21.5 Å². The van der Waals surface area contributed by atoms with Crippen molar-refractivity contribution in [2.24, 2.45) is 0 Å². The van der Waals surface area contributed by atoms with Gasteiger partial charge in [0.2, 0.25) is 9.84 Å². The molecule has 31 heavy (non-hydrogen) atoms. The van der Waals surface area contributed by atoms with Crippen molar-refractivity contribution in [3.05, 3.63) is 85.1 Å². The van der Waals surface area contributed by atoms with Crippen LogP contribution in [0.4, 0.5) is 0 Å². The number of pyridine rings is 1. The minimum atomic E-state index is -3.51. The average molecular weight is 442 g/mol. The van der Waals surface area contributed by atoms with Crippen molar-refractivity contribution in [2.45, 2.75) is 29.4 Å². The molecule has 0 fully saturated rings. The Hall–Kier alpha value is -3.02. The molecular weight excluding hydrogens is 418 g/mol. The van der Waals surface area contributed by atoms with Gasteiger partial charge in [0.15, 0.2) is 0 Å². The number of fused-ring (bicyclic) bond motifs is 3. The summed E-state index contributed by atoms with van der Waals surface area (Å²) in [6.07, 6.45) is 1.99. The molecule has 0 amide bonds. The molecule has 1 aliphatic heterocycles. The van der Waals surface area contributed by atoms with Crippen LogP contribution in [0.1, 0.15) is 0 Å². The van der Waals surface area contributed by atoms with Crippen LogP contribution in [0.5, 0.6) is 0 Å². The molecule has 154 valence electrons. The quantitative estimate of drug-likeness (QED) is 0.334. The summed E-state index contributed by atoms with van der Waals surface area (Å²) in [5.41, 5.74) is 5.47. The van der Waals surface area contributed by atoms with Gasteiger partial charge in [0.05, 0.1) is 23.6 Å². The Kier molecular flexibility index (Phi) is 4.50. The minimum Gasteiger partial charge on any atom is -0.256 e. The van der Waals surface area contributed by atoms with Gasteiger partial charge in [-0.25, -0.2) is 8.42 Å².